The first-order chi connectivity index (χ1) is 11.4. The second-order valence-corrected chi connectivity index (χ2v) is 9.42. The summed E-state index contributed by atoms with van der Waals surface area (Å²) in [7, 11) is -4.19. The van der Waals surface area contributed by atoms with E-state index in [1.54, 1.807) is 13.8 Å². The van der Waals surface area contributed by atoms with Crippen LogP contribution < -0.4 is 0 Å². The van der Waals surface area contributed by atoms with Crippen molar-refractivity contribution >= 4 is 39.2 Å². The highest BCUT2D eigenvalue weighted by Gasteiger charge is 2.66. The number of rotatable bonds is 3. The maximum Gasteiger partial charge on any atom is 0.327 e. The number of aliphatic carboxylic acids is 1. The Bertz CT molecular complexity index is 822. The highest BCUT2D eigenvalue weighted by Crippen LogP contribution is 2.45. The summed E-state index contributed by atoms with van der Waals surface area (Å²) in [6, 6.07) is 3.85. The molecule has 0 saturated carbocycles. The van der Waals surface area contributed by atoms with Crippen molar-refractivity contribution in [1.29, 1.82) is 0 Å². The van der Waals surface area contributed by atoms with Crippen LogP contribution in [0.5, 0.6) is 0 Å². The molecule has 0 aliphatic carbocycles. The number of carboxylic acids is 1. The molecule has 2 saturated heterocycles. The molecule has 1 aromatic rings. The van der Waals surface area contributed by atoms with E-state index in [0.717, 1.165) is 4.31 Å². The number of sulfonamides is 1. The Kier molecular flexibility index (Phi) is 4.38. The lowest BCUT2D eigenvalue weighted by Crippen LogP contribution is -2.57. The summed E-state index contributed by atoms with van der Waals surface area (Å²) in [4.78, 5) is 11.8. The Hall–Kier alpha value is -0.900. The van der Waals surface area contributed by atoms with Gasteiger partial charge in [-0.3, -0.25) is 4.79 Å². The zero-order valence-corrected chi connectivity index (χ0v) is 16.0. The summed E-state index contributed by atoms with van der Waals surface area (Å²) >= 11 is 11.8. The minimum Gasteiger partial charge on any atom is -0.480 e. The van der Waals surface area contributed by atoms with E-state index in [0.29, 0.717) is 0 Å². The van der Waals surface area contributed by atoms with Crippen molar-refractivity contribution in [2.45, 2.75) is 49.2 Å². The van der Waals surface area contributed by atoms with Gasteiger partial charge in [0.05, 0.1) is 4.90 Å². The van der Waals surface area contributed by atoms with E-state index in [4.69, 9.17) is 32.7 Å². The molecule has 10 heteroatoms. The van der Waals surface area contributed by atoms with Crippen LogP contribution in [0.1, 0.15) is 20.8 Å². The van der Waals surface area contributed by atoms with Crippen LogP contribution in [-0.2, 0) is 24.3 Å². The molecule has 2 fully saturated rings. The summed E-state index contributed by atoms with van der Waals surface area (Å²) in [5.74, 6) is -2.31. The number of hydrogen-bond donors (Lipinski definition) is 1. The van der Waals surface area contributed by atoms with Gasteiger partial charge in [0.1, 0.15) is 12.2 Å². The third-order valence-electron chi connectivity index (χ3n) is 4.46. The first-order valence-electron chi connectivity index (χ1n) is 7.46. The van der Waals surface area contributed by atoms with E-state index in [2.05, 4.69) is 0 Å². The van der Waals surface area contributed by atoms with Crippen LogP contribution in [0.25, 0.3) is 0 Å². The van der Waals surface area contributed by atoms with E-state index >= 15 is 0 Å². The van der Waals surface area contributed by atoms with Crippen LogP contribution in [0.4, 0.5) is 0 Å². The average Bonchev–Trinajstić information content (AvgIpc) is 2.90. The number of carboxylic acid groups (broad SMARTS) is 1. The molecule has 3 rings (SSSR count). The Balaban J connectivity index is 2.09. The van der Waals surface area contributed by atoms with Crippen molar-refractivity contribution in [1.82, 2.24) is 4.31 Å². The molecule has 0 unspecified atom stereocenters. The van der Waals surface area contributed by atoms with Crippen molar-refractivity contribution in [2.24, 2.45) is 0 Å². The minimum atomic E-state index is -4.19. The van der Waals surface area contributed by atoms with Crippen LogP contribution >= 0.6 is 23.2 Å². The number of fused-ring (bicyclic) bond motifs is 1. The zero-order valence-electron chi connectivity index (χ0n) is 13.7. The molecule has 2 aliphatic heterocycles. The van der Waals surface area contributed by atoms with Gasteiger partial charge in [0.15, 0.2) is 11.3 Å². The molecule has 2 heterocycles. The second-order valence-electron chi connectivity index (χ2n) is 6.69. The Morgan fingerprint density at radius 3 is 2.28 bits per heavy atom. The fourth-order valence-corrected chi connectivity index (χ4v) is 5.81. The summed E-state index contributed by atoms with van der Waals surface area (Å²) < 4.78 is 38.4. The quantitative estimate of drug-likeness (QED) is 0.823. The first kappa shape index (κ1) is 18.9. The van der Waals surface area contributed by atoms with Gasteiger partial charge in [-0.1, -0.05) is 23.2 Å². The number of nitrogens with zero attached hydrogens (tertiary/aromatic N) is 1. The molecule has 0 aromatic heterocycles. The van der Waals surface area contributed by atoms with Crippen LogP contribution in [-0.4, -0.2) is 53.9 Å². The highest BCUT2D eigenvalue weighted by molar-refractivity contribution is 7.89. The Labute approximate surface area is 155 Å². The van der Waals surface area contributed by atoms with Gasteiger partial charge in [-0.2, -0.15) is 4.31 Å². The van der Waals surface area contributed by atoms with Gasteiger partial charge in [-0.15, -0.1) is 0 Å². The zero-order chi connectivity index (χ0) is 18.8. The van der Waals surface area contributed by atoms with Crippen molar-refractivity contribution in [3.63, 3.8) is 0 Å². The molecule has 0 radical (unpaired) electrons. The van der Waals surface area contributed by atoms with Gasteiger partial charge >= 0.3 is 5.97 Å². The summed E-state index contributed by atoms with van der Waals surface area (Å²) in [5, 5.41) is 10.1. The lowest BCUT2D eigenvalue weighted by atomic mass is 9.96. The molecule has 0 bridgehead atoms. The van der Waals surface area contributed by atoms with E-state index in [9.17, 15) is 18.3 Å². The van der Waals surface area contributed by atoms with Gasteiger partial charge < -0.3 is 14.6 Å². The molecule has 1 N–H and O–H groups in total. The molecular weight excluding hydrogens is 393 g/mol. The second kappa shape index (κ2) is 5.80. The highest BCUT2D eigenvalue weighted by atomic mass is 35.5. The topological polar surface area (TPSA) is 93.1 Å². The third-order valence-corrected chi connectivity index (χ3v) is 6.84. The molecule has 138 valence electrons. The third kappa shape index (κ3) is 2.94. The van der Waals surface area contributed by atoms with E-state index in [1.165, 1.54) is 25.1 Å². The predicted molar refractivity (Wildman–Crippen MR) is 90.2 cm³/mol. The maximum atomic E-state index is 13.1. The fourth-order valence-electron chi connectivity index (χ4n) is 3.32. The number of hydrogen-bond acceptors (Lipinski definition) is 5. The summed E-state index contributed by atoms with van der Waals surface area (Å²) in [6.45, 7) is 4.48. The van der Waals surface area contributed by atoms with Crippen molar-refractivity contribution in [2.75, 3.05) is 6.54 Å². The number of benzene rings is 1. The molecular formula is C15H17Cl2NO6S. The maximum absolute atomic E-state index is 13.1. The van der Waals surface area contributed by atoms with Crippen molar-refractivity contribution in [3.05, 3.63) is 28.2 Å². The monoisotopic (exact) mass is 409 g/mol. The molecule has 2 aliphatic rings. The lowest BCUT2D eigenvalue weighted by molar-refractivity contribution is -0.175. The SMILES string of the molecule is CC1(C)O[C@@H]2[C@@H](CN(S(=O)(=O)c3cc(Cl)cc(Cl)c3)[C@]2(C)C(=O)O)O1. The van der Waals surface area contributed by atoms with Gasteiger partial charge in [-0.05, 0) is 39.0 Å². The molecule has 25 heavy (non-hydrogen) atoms. The number of halogens is 2. The van der Waals surface area contributed by atoms with Crippen LogP contribution in [0.2, 0.25) is 10.0 Å². The number of ether oxygens (including phenoxy) is 2. The molecule has 0 amide bonds. The van der Waals surface area contributed by atoms with Crippen LogP contribution in [0, 0.1) is 0 Å². The summed E-state index contributed by atoms with van der Waals surface area (Å²) in [5.41, 5.74) is -1.83. The fraction of sp³-hybridized carbons (Fsp3) is 0.533. The van der Waals surface area contributed by atoms with Crippen molar-refractivity contribution in [3.8, 4) is 0 Å². The number of carbonyl (C=O) groups is 1. The average molecular weight is 410 g/mol. The molecule has 7 nitrogen and oxygen atoms in total. The molecule has 0 spiro atoms. The molecule has 3 atom stereocenters. The van der Waals surface area contributed by atoms with E-state index in [-0.39, 0.29) is 21.5 Å². The van der Waals surface area contributed by atoms with Gasteiger partial charge in [0.2, 0.25) is 10.0 Å². The van der Waals surface area contributed by atoms with E-state index in [1.807, 2.05) is 0 Å². The Morgan fingerprint density at radius 2 is 1.76 bits per heavy atom. The first-order valence-corrected chi connectivity index (χ1v) is 9.65. The summed E-state index contributed by atoms with van der Waals surface area (Å²) in [6.07, 6.45) is -1.63. The lowest BCUT2D eigenvalue weighted by Gasteiger charge is -2.34. The standard InChI is InChI=1S/C15H17Cl2NO6S/c1-14(2)23-11-7-18(15(3,13(19)20)12(11)24-14)25(21,22)10-5-8(16)4-9(17)6-10/h4-6,11-12H,7H2,1-3H3,(H,19,20)/t11-,12-,15+/m1/s1. The van der Waals surface area contributed by atoms with Gasteiger partial charge in [0, 0.05) is 16.6 Å². The van der Waals surface area contributed by atoms with Gasteiger partial charge in [0.25, 0.3) is 0 Å². The van der Waals surface area contributed by atoms with E-state index < -0.39 is 39.5 Å². The molecule has 1 aromatic carbocycles. The van der Waals surface area contributed by atoms with Gasteiger partial charge in [-0.25, -0.2) is 8.42 Å². The predicted octanol–water partition coefficient (Wildman–Crippen LogP) is 2.36. The smallest absolute Gasteiger partial charge is 0.327 e. The Morgan fingerprint density at radius 1 is 1.20 bits per heavy atom. The van der Waals surface area contributed by atoms with Crippen molar-refractivity contribution < 1.29 is 27.8 Å². The minimum absolute atomic E-state index is 0.135. The normalized spacial score (nSPS) is 31.9. The van der Waals surface area contributed by atoms with Crippen LogP contribution in [0.3, 0.4) is 0 Å². The van der Waals surface area contributed by atoms with Crippen LogP contribution in [0.15, 0.2) is 23.1 Å². The largest absolute Gasteiger partial charge is 0.480 e.